The normalized spacial score (nSPS) is 14.1. The Kier molecular flexibility index (Phi) is 5.33. The van der Waals surface area contributed by atoms with E-state index in [1.807, 2.05) is 32.0 Å². The lowest BCUT2D eigenvalue weighted by atomic mass is 10.2. The van der Waals surface area contributed by atoms with Crippen molar-refractivity contribution in [2.24, 2.45) is 0 Å². The first-order valence-electron chi connectivity index (χ1n) is 5.40. The zero-order valence-electron chi connectivity index (χ0n) is 10.1. The molecule has 0 aromatic heterocycles. The highest BCUT2D eigenvalue weighted by atomic mass is 79.9. The molecule has 0 aliphatic carbocycles. The third-order valence-corrected chi connectivity index (χ3v) is 4.94. The number of amides is 1. The third kappa shape index (κ3) is 3.92. The molecule has 2 atom stereocenters. The van der Waals surface area contributed by atoms with E-state index >= 15 is 0 Å². The molecule has 0 saturated carbocycles. The highest BCUT2D eigenvalue weighted by molar-refractivity contribution is 9.10. The summed E-state index contributed by atoms with van der Waals surface area (Å²) in [5, 5.41) is 2.29. The summed E-state index contributed by atoms with van der Waals surface area (Å²) in [6.45, 7) is 5.44. The van der Waals surface area contributed by atoms with Gasteiger partial charge in [-0.3, -0.25) is 9.00 Å². The fourth-order valence-electron chi connectivity index (χ4n) is 1.34. The molecule has 1 rings (SSSR count). The maximum absolute atomic E-state index is 11.8. The van der Waals surface area contributed by atoms with Crippen molar-refractivity contribution < 1.29 is 9.00 Å². The molecule has 17 heavy (non-hydrogen) atoms. The molecule has 1 amide bonds. The number of hydrogen-bond donors (Lipinski definition) is 1. The second kappa shape index (κ2) is 6.31. The Hall–Kier alpha value is -0.680. The number of hydrogen-bond acceptors (Lipinski definition) is 2. The molecule has 1 aromatic carbocycles. The minimum atomic E-state index is -1.11. The summed E-state index contributed by atoms with van der Waals surface area (Å²) in [6.07, 6.45) is 0. The highest BCUT2D eigenvalue weighted by Gasteiger charge is 2.18. The molecule has 0 bridgehead atoms. The van der Waals surface area contributed by atoms with Crippen molar-refractivity contribution in [2.45, 2.75) is 26.0 Å². The van der Waals surface area contributed by atoms with Crippen LogP contribution in [-0.4, -0.2) is 21.1 Å². The van der Waals surface area contributed by atoms with Crippen molar-refractivity contribution >= 4 is 38.3 Å². The van der Waals surface area contributed by atoms with Gasteiger partial charge in [0.2, 0.25) is 5.91 Å². The number of carbonyl (C=O) groups excluding carboxylic acids is 1. The maximum atomic E-state index is 11.8. The van der Waals surface area contributed by atoms with E-state index in [1.165, 1.54) is 0 Å². The molecule has 2 unspecified atom stereocenters. The summed E-state index contributed by atoms with van der Waals surface area (Å²) in [4.78, 5) is 11.8. The fraction of sp³-hybridized carbons (Fsp3) is 0.417. The number of halogens is 1. The fourth-order valence-corrected chi connectivity index (χ4v) is 2.38. The molecule has 0 radical (unpaired) electrons. The number of benzene rings is 1. The van der Waals surface area contributed by atoms with E-state index in [-0.39, 0.29) is 5.91 Å². The van der Waals surface area contributed by atoms with Crippen molar-refractivity contribution in [2.75, 3.05) is 11.1 Å². The monoisotopic (exact) mass is 317 g/mol. The summed E-state index contributed by atoms with van der Waals surface area (Å²) >= 11 is 3.40. The third-order valence-electron chi connectivity index (χ3n) is 2.47. The Bertz CT molecular complexity index is 448. The van der Waals surface area contributed by atoms with Gasteiger partial charge in [-0.25, -0.2) is 0 Å². The van der Waals surface area contributed by atoms with Crippen molar-refractivity contribution in [3.63, 3.8) is 0 Å². The van der Waals surface area contributed by atoms with Crippen LogP contribution in [0.15, 0.2) is 22.7 Å². The van der Waals surface area contributed by atoms with Gasteiger partial charge < -0.3 is 5.32 Å². The van der Waals surface area contributed by atoms with Gasteiger partial charge in [-0.2, -0.15) is 0 Å². The Morgan fingerprint density at radius 1 is 1.53 bits per heavy atom. The van der Waals surface area contributed by atoms with Gasteiger partial charge in [-0.15, -0.1) is 0 Å². The van der Waals surface area contributed by atoms with E-state index in [4.69, 9.17) is 0 Å². The lowest BCUT2D eigenvalue weighted by Gasteiger charge is -2.11. The molecule has 0 spiro atoms. The predicted octanol–water partition coefficient (Wildman–Crippen LogP) is 2.85. The summed E-state index contributed by atoms with van der Waals surface area (Å²) in [7, 11) is -1.11. The number of rotatable bonds is 4. The number of anilines is 1. The van der Waals surface area contributed by atoms with E-state index in [9.17, 15) is 9.00 Å². The van der Waals surface area contributed by atoms with Crippen LogP contribution in [0.5, 0.6) is 0 Å². The smallest absolute Gasteiger partial charge is 0.239 e. The first kappa shape index (κ1) is 14.4. The van der Waals surface area contributed by atoms with Crippen molar-refractivity contribution in [3.05, 3.63) is 28.2 Å². The molecule has 1 N–H and O–H groups in total. The average Bonchev–Trinajstić information content (AvgIpc) is 2.31. The van der Waals surface area contributed by atoms with Crippen molar-refractivity contribution in [1.29, 1.82) is 0 Å². The van der Waals surface area contributed by atoms with E-state index < -0.39 is 16.0 Å². The Balaban J connectivity index is 2.74. The summed E-state index contributed by atoms with van der Waals surface area (Å²) in [5.74, 6) is 0.292. The van der Waals surface area contributed by atoms with Crippen LogP contribution in [0.2, 0.25) is 0 Å². The van der Waals surface area contributed by atoms with Crippen LogP contribution < -0.4 is 5.32 Å². The van der Waals surface area contributed by atoms with Gasteiger partial charge in [-0.1, -0.05) is 22.9 Å². The molecule has 0 aliphatic heterocycles. The number of nitrogens with one attached hydrogen (secondary N) is 1. The molecule has 0 heterocycles. The van der Waals surface area contributed by atoms with Gasteiger partial charge in [-0.05, 0) is 37.6 Å². The number of carbonyl (C=O) groups is 1. The molecule has 5 heteroatoms. The van der Waals surface area contributed by atoms with Crippen LogP contribution in [0, 0.1) is 6.92 Å². The number of aryl methyl sites for hydroxylation is 1. The van der Waals surface area contributed by atoms with E-state index in [2.05, 4.69) is 21.2 Å². The van der Waals surface area contributed by atoms with E-state index in [1.54, 1.807) is 6.92 Å². The first-order valence-corrected chi connectivity index (χ1v) is 7.57. The summed E-state index contributed by atoms with van der Waals surface area (Å²) in [6, 6.07) is 5.58. The Morgan fingerprint density at radius 2 is 2.18 bits per heavy atom. The van der Waals surface area contributed by atoms with E-state index in [0.717, 1.165) is 15.7 Å². The molecule has 0 fully saturated rings. The highest BCUT2D eigenvalue weighted by Crippen LogP contribution is 2.20. The average molecular weight is 318 g/mol. The molecule has 0 saturated heterocycles. The quantitative estimate of drug-likeness (QED) is 0.928. The molecular weight excluding hydrogens is 302 g/mol. The van der Waals surface area contributed by atoms with Gasteiger partial charge in [0.25, 0.3) is 0 Å². The Labute approximate surface area is 113 Å². The molecule has 0 aliphatic rings. The topological polar surface area (TPSA) is 46.2 Å². The van der Waals surface area contributed by atoms with Crippen LogP contribution in [0.1, 0.15) is 19.4 Å². The standard InChI is InChI=1S/C12H16BrNO2S/c1-4-17(16)9(3)12(15)14-10-5-6-11(13)8(2)7-10/h5-7,9H,4H2,1-3H3,(H,14,15). The lowest BCUT2D eigenvalue weighted by Crippen LogP contribution is -2.29. The molecular formula is C12H16BrNO2S. The first-order chi connectivity index (χ1) is 7.95. The van der Waals surface area contributed by atoms with Crippen LogP contribution in [0.3, 0.4) is 0 Å². The molecule has 1 aromatic rings. The van der Waals surface area contributed by atoms with Gasteiger partial charge in [0.05, 0.1) is 0 Å². The minimum absolute atomic E-state index is 0.202. The van der Waals surface area contributed by atoms with Gasteiger partial charge in [0.15, 0.2) is 0 Å². The van der Waals surface area contributed by atoms with Crippen LogP contribution in [0.4, 0.5) is 5.69 Å². The van der Waals surface area contributed by atoms with Crippen molar-refractivity contribution in [1.82, 2.24) is 0 Å². The van der Waals surface area contributed by atoms with Crippen LogP contribution in [-0.2, 0) is 15.6 Å². The summed E-state index contributed by atoms with van der Waals surface area (Å²) < 4.78 is 12.5. The van der Waals surface area contributed by atoms with Gasteiger partial charge in [0.1, 0.15) is 5.25 Å². The zero-order chi connectivity index (χ0) is 13.0. The minimum Gasteiger partial charge on any atom is -0.325 e. The SMILES string of the molecule is CCS(=O)C(C)C(=O)Nc1ccc(Br)c(C)c1. The molecule has 94 valence electrons. The molecule has 3 nitrogen and oxygen atoms in total. The second-order valence-corrected chi connectivity index (χ2v) is 6.67. The van der Waals surface area contributed by atoms with Crippen LogP contribution >= 0.6 is 15.9 Å². The second-order valence-electron chi connectivity index (χ2n) is 3.76. The van der Waals surface area contributed by atoms with E-state index in [0.29, 0.717) is 5.75 Å². The summed E-state index contributed by atoms with van der Waals surface area (Å²) in [5.41, 5.74) is 1.78. The Morgan fingerprint density at radius 3 is 2.71 bits per heavy atom. The predicted molar refractivity (Wildman–Crippen MR) is 75.7 cm³/mol. The van der Waals surface area contributed by atoms with Gasteiger partial charge >= 0.3 is 0 Å². The maximum Gasteiger partial charge on any atom is 0.239 e. The van der Waals surface area contributed by atoms with Crippen molar-refractivity contribution in [3.8, 4) is 0 Å². The van der Waals surface area contributed by atoms with Gasteiger partial charge in [0, 0.05) is 26.7 Å². The lowest BCUT2D eigenvalue weighted by molar-refractivity contribution is -0.115. The largest absolute Gasteiger partial charge is 0.325 e. The zero-order valence-corrected chi connectivity index (χ0v) is 12.5. The van der Waals surface area contributed by atoms with Crippen LogP contribution in [0.25, 0.3) is 0 Å².